The van der Waals surface area contributed by atoms with Crippen LogP contribution >= 0.6 is 15.9 Å². The number of nitrogens with two attached hydrogens (primary N) is 1. The zero-order valence-electron chi connectivity index (χ0n) is 13.2. The highest BCUT2D eigenvalue weighted by molar-refractivity contribution is 9.10. The van der Waals surface area contributed by atoms with Crippen molar-refractivity contribution in [3.63, 3.8) is 0 Å². The first-order chi connectivity index (χ1) is 12.1. The smallest absolute Gasteiger partial charge is 0.229 e. The van der Waals surface area contributed by atoms with E-state index in [0.29, 0.717) is 21.9 Å². The number of hydrogen-bond donors (Lipinski definition) is 1. The summed E-state index contributed by atoms with van der Waals surface area (Å²) in [5.74, 6) is 0.700. The molecule has 0 aliphatic carbocycles. The number of hydrogen-bond acceptors (Lipinski definition) is 5. The minimum absolute atomic E-state index is 0.0598. The number of ether oxygens (including phenoxy) is 1. The summed E-state index contributed by atoms with van der Waals surface area (Å²) in [7, 11) is 0. The molecule has 3 aromatic rings. The fraction of sp³-hybridized carbons (Fsp3) is 0.111. The van der Waals surface area contributed by atoms with Crippen molar-refractivity contribution < 1.29 is 9.15 Å². The lowest BCUT2D eigenvalue weighted by Crippen LogP contribution is -2.21. The lowest BCUT2D eigenvalue weighted by atomic mass is 9.88. The molecule has 124 valence electrons. The summed E-state index contributed by atoms with van der Waals surface area (Å²) in [4.78, 5) is 0. The van der Waals surface area contributed by atoms with Crippen molar-refractivity contribution >= 4 is 15.9 Å². The summed E-state index contributed by atoms with van der Waals surface area (Å²) >= 11 is 3.31. The van der Waals surface area contributed by atoms with Crippen LogP contribution in [0, 0.1) is 18.3 Å². The van der Waals surface area contributed by atoms with Gasteiger partial charge >= 0.3 is 0 Å². The molecule has 0 saturated carbocycles. The maximum Gasteiger partial charge on any atom is 0.229 e. The van der Waals surface area contributed by atoms with Crippen molar-refractivity contribution in [3.05, 3.63) is 75.6 Å². The van der Waals surface area contributed by atoms with E-state index in [0.717, 1.165) is 16.9 Å². The van der Waals surface area contributed by atoms with Crippen LogP contribution < -0.4 is 10.5 Å². The van der Waals surface area contributed by atoms with E-state index in [1.807, 2.05) is 43.3 Å². The molecule has 0 radical (unpaired) electrons. The molecule has 4 rings (SSSR count). The van der Waals surface area contributed by atoms with Crippen molar-refractivity contribution in [3.8, 4) is 17.6 Å². The van der Waals surface area contributed by atoms with Gasteiger partial charge in [-0.25, -0.2) is 4.68 Å². The van der Waals surface area contributed by atoms with Crippen LogP contribution in [-0.4, -0.2) is 9.78 Å². The molecule has 0 amide bonds. The van der Waals surface area contributed by atoms with E-state index in [-0.39, 0.29) is 5.88 Å². The Labute approximate surface area is 152 Å². The zero-order chi connectivity index (χ0) is 17.6. The number of para-hydroxylation sites is 1. The number of fused-ring (bicyclic) bond motifs is 1. The second-order valence-corrected chi connectivity index (χ2v) is 6.40. The van der Waals surface area contributed by atoms with Gasteiger partial charge in [0.25, 0.3) is 0 Å². The average Bonchev–Trinajstić information content (AvgIpc) is 3.18. The second kappa shape index (κ2) is 5.83. The first-order valence-electron chi connectivity index (χ1n) is 7.58. The Morgan fingerprint density at radius 2 is 2.00 bits per heavy atom. The molecule has 0 saturated heterocycles. The van der Waals surface area contributed by atoms with E-state index in [1.165, 1.54) is 0 Å². The van der Waals surface area contributed by atoms with E-state index in [2.05, 4.69) is 27.1 Å². The number of aryl methyl sites for hydroxylation is 1. The molecule has 1 atom stereocenters. The summed E-state index contributed by atoms with van der Waals surface area (Å²) in [6.45, 7) is 1.88. The molecule has 25 heavy (non-hydrogen) atoms. The van der Waals surface area contributed by atoms with Crippen LogP contribution in [0.25, 0.3) is 5.69 Å². The highest BCUT2D eigenvalue weighted by Gasteiger charge is 2.37. The first-order valence-corrected chi connectivity index (χ1v) is 8.37. The van der Waals surface area contributed by atoms with Crippen LogP contribution in [-0.2, 0) is 0 Å². The molecular formula is C18H13BrN4O2. The number of furan rings is 1. The van der Waals surface area contributed by atoms with Crippen LogP contribution in [0.4, 0.5) is 0 Å². The van der Waals surface area contributed by atoms with Gasteiger partial charge in [-0.1, -0.05) is 18.2 Å². The molecule has 0 bridgehead atoms. The number of rotatable bonds is 2. The fourth-order valence-corrected chi connectivity index (χ4v) is 3.35. The number of halogens is 1. The van der Waals surface area contributed by atoms with Gasteiger partial charge in [-0.05, 0) is 47.1 Å². The molecule has 0 fully saturated rings. The Balaban J connectivity index is 1.96. The molecule has 3 heterocycles. The molecule has 7 heteroatoms. The van der Waals surface area contributed by atoms with Gasteiger partial charge in [0.1, 0.15) is 17.4 Å². The van der Waals surface area contributed by atoms with Crippen molar-refractivity contribution in [2.75, 3.05) is 0 Å². The lowest BCUT2D eigenvalue weighted by Gasteiger charge is -2.23. The Morgan fingerprint density at radius 1 is 1.24 bits per heavy atom. The van der Waals surface area contributed by atoms with Gasteiger partial charge in [0.05, 0.1) is 22.9 Å². The topological polar surface area (TPSA) is 90.0 Å². The maximum atomic E-state index is 9.59. The Morgan fingerprint density at radius 3 is 2.64 bits per heavy atom. The molecule has 2 N–H and O–H groups in total. The average molecular weight is 397 g/mol. The maximum absolute atomic E-state index is 9.59. The van der Waals surface area contributed by atoms with Crippen molar-refractivity contribution in [1.82, 2.24) is 9.78 Å². The number of aromatic nitrogens is 2. The van der Waals surface area contributed by atoms with Crippen molar-refractivity contribution in [2.45, 2.75) is 12.8 Å². The summed E-state index contributed by atoms with van der Waals surface area (Å²) in [6, 6.07) is 15.4. The number of benzene rings is 1. The van der Waals surface area contributed by atoms with Gasteiger partial charge in [-0.2, -0.15) is 10.4 Å². The van der Waals surface area contributed by atoms with Crippen LogP contribution in [0.5, 0.6) is 5.88 Å². The SMILES string of the molecule is Cc1nn(-c2ccccc2)c2c1[C@H](c1ccc(Br)o1)C(C#N)=C(N)O2. The predicted octanol–water partition coefficient (Wildman–Crippen LogP) is 3.75. The summed E-state index contributed by atoms with van der Waals surface area (Å²) in [5, 5.41) is 14.2. The van der Waals surface area contributed by atoms with Crippen molar-refractivity contribution in [1.29, 1.82) is 5.26 Å². The molecule has 1 aliphatic heterocycles. The Kier molecular flexibility index (Phi) is 3.62. The van der Waals surface area contributed by atoms with Crippen molar-refractivity contribution in [2.24, 2.45) is 5.73 Å². The number of nitrogens with zero attached hydrogens (tertiary/aromatic N) is 3. The van der Waals surface area contributed by atoms with Gasteiger partial charge < -0.3 is 14.9 Å². The normalized spacial score (nSPS) is 16.3. The summed E-state index contributed by atoms with van der Waals surface area (Å²) < 4.78 is 13.8. The largest absolute Gasteiger partial charge is 0.453 e. The molecule has 2 aromatic heterocycles. The quantitative estimate of drug-likeness (QED) is 0.711. The Hall–Kier alpha value is -2.98. The highest BCUT2D eigenvalue weighted by Crippen LogP contribution is 2.45. The predicted molar refractivity (Wildman–Crippen MR) is 94.0 cm³/mol. The van der Waals surface area contributed by atoms with Gasteiger partial charge in [0.15, 0.2) is 4.67 Å². The van der Waals surface area contributed by atoms with E-state index >= 15 is 0 Å². The molecule has 1 aliphatic rings. The van der Waals surface area contributed by atoms with Gasteiger partial charge in [0, 0.05) is 0 Å². The third kappa shape index (κ3) is 2.42. The third-order valence-corrected chi connectivity index (χ3v) is 4.54. The van der Waals surface area contributed by atoms with Crippen LogP contribution in [0.3, 0.4) is 0 Å². The van der Waals surface area contributed by atoms with Gasteiger partial charge in [0.2, 0.25) is 11.8 Å². The van der Waals surface area contributed by atoms with Crippen LogP contribution in [0.2, 0.25) is 0 Å². The minimum Gasteiger partial charge on any atom is -0.453 e. The molecule has 0 unspecified atom stereocenters. The summed E-state index contributed by atoms with van der Waals surface area (Å²) in [5.41, 5.74) is 8.71. The molecule has 1 aromatic carbocycles. The minimum atomic E-state index is -0.461. The first kappa shape index (κ1) is 15.5. The summed E-state index contributed by atoms with van der Waals surface area (Å²) in [6.07, 6.45) is 0. The third-order valence-electron chi connectivity index (χ3n) is 4.11. The van der Waals surface area contributed by atoms with Crippen LogP contribution in [0.1, 0.15) is 22.9 Å². The monoisotopic (exact) mass is 396 g/mol. The van der Waals surface area contributed by atoms with E-state index < -0.39 is 5.92 Å². The molecule has 0 spiro atoms. The number of nitriles is 1. The highest BCUT2D eigenvalue weighted by atomic mass is 79.9. The van der Waals surface area contributed by atoms with E-state index in [4.69, 9.17) is 14.9 Å². The second-order valence-electron chi connectivity index (χ2n) is 5.62. The van der Waals surface area contributed by atoms with Crippen LogP contribution in [0.15, 0.2) is 63.0 Å². The zero-order valence-corrected chi connectivity index (χ0v) is 14.8. The Bertz CT molecular complexity index is 1030. The molecular weight excluding hydrogens is 384 g/mol. The molecule has 6 nitrogen and oxygen atoms in total. The van der Waals surface area contributed by atoms with E-state index in [9.17, 15) is 5.26 Å². The van der Waals surface area contributed by atoms with Gasteiger partial charge in [-0.3, -0.25) is 0 Å². The fourth-order valence-electron chi connectivity index (χ4n) is 3.03. The van der Waals surface area contributed by atoms with Gasteiger partial charge in [-0.15, -0.1) is 0 Å². The standard InChI is InChI=1S/C18H13BrN4O2/c1-10-15-16(13-7-8-14(19)24-13)12(9-20)17(21)25-18(15)23(22-10)11-5-3-2-4-6-11/h2-8,16H,21H2,1H3/t16-/m0/s1. The number of allylic oxidation sites excluding steroid dienone is 1. The van der Waals surface area contributed by atoms with E-state index in [1.54, 1.807) is 10.7 Å². The lowest BCUT2D eigenvalue weighted by molar-refractivity contribution is 0.359.